The fraction of sp³-hybridized carbons (Fsp3) is 0.462. The highest BCUT2D eigenvalue weighted by Gasteiger charge is 2.34. The third-order valence-electron chi connectivity index (χ3n) is 6.68. The molecule has 0 aromatic heterocycles. The Labute approximate surface area is 235 Å². The molecule has 3 rings (SSSR count). The van der Waals surface area contributed by atoms with E-state index in [0.29, 0.717) is 51.9 Å². The first-order valence-corrected chi connectivity index (χ1v) is 16.1. The minimum atomic E-state index is -3.99. The van der Waals surface area contributed by atoms with Gasteiger partial charge in [-0.15, -0.1) is 0 Å². The molecule has 8 N–H and O–H groups in total. The highest BCUT2D eigenvalue weighted by atomic mass is 32.2. The van der Waals surface area contributed by atoms with Gasteiger partial charge in [-0.05, 0) is 88.3 Å². The van der Waals surface area contributed by atoms with E-state index in [1.165, 1.54) is 45.0 Å². The van der Waals surface area contributed by atoms with Crippen molar-refractivity contribution in [1.82, 2.24) is 8.61 Å². The number of fused-ring (bicyclic) bond motifs is 2. The minimum Gasteiger partial charge on any atom is -0.330 e. The van der Waals surface area contributed by atoms with Crippen LogP contribution in [0.3, 0.4) is 0 Å². The Hall–Kier alpha value is -2.56. The van der Waals surface area contributed by atoms with Gasteiger partial charge in [-0.25, -0.2) is 16.8 Å². The maximum atomic E-state index is 13.4. The van der Waals surface area contributed by atoms with Gasteiger partial charge in [-0.1, -0.05) is 0 Å². The van der Waals surface area contributed by atoms with Gasteiger partial charge in [0.05, 0.1) is 9.79 Å². The first-order chi connectivity index (χ1) is 19.0. The standard InChI is InChI=1S/C26H38N6O6S2/c27-9-1-13-31(14-2-10-28)39(35,36)19-5-7-21-23(17-19)25(33)22-8-6-20(18-24(22)26(21)34)40(37,38)32(15-3-11-29)16-4-12-30/h5-8,17-18H,1-4,9-16,27-30H2. The molecule has 14 heteroatoms. The first-order valence-electron chi connectivity index (χ1n) is 13.2. The van der Waals surface area contributed by atoms with Crippen LogP contribution in [0.1, 0.15) is 57.5 Å². The van der Waals surface area contributed by atoms with Crippen LogP contribution >= 0.6 is 0 Å². The van der Waals surface area contributed by atoms with Crippen molar-refractivity contribution in [3.8, 4) is 0 Å². The Bertz CT molecular complexity index is 1320. The SMILES string of the molecule is NCCCN(CCCN)S(=O)(=O)c1ccc2c(c1)C(=O)c1ccc(S(=O)(=O)N(CCCN)CCCN)cc1C2=O. The smallest absolute Gasteiger partial charge is 0.243 e. The highest BCUT2D eigenvalue weighted by molar-refractivity contribution is 7.89. The van der Waals surface area contributed by atoms with Crippen molar-refractivity contribution in [1.29, 1.82) is 0 Å². The molecule has 12 nitrogen and oxygen atoms in total. The van der Waals surface area contributed by atoms with E-state index in [1.807, 2.05) is 0 Å². The monoisotopic (exact) mass is 594 g/mol. The number of hydrogen-bond donors (Lipinski definition) is 4. The molecule has 0 heterocycles. The molecule has 0 radical (unpaired) electrons. The van der Waals surface area contributed by atoms with E-state index < -0.39 is 31.6 Å². The fourth-order valence-corrected chi connectivity index (χ4v) is 7.59. The van der Waals surface area contributed by atoms with Gasteiger partial charge in [-0.3, -0.25) is 9.59 Å². The summed E-state index contributed by atoms with van der Waals surface area (Å²) >= 11 is 0. The number of benzene rings is 2. The molecular weight excluding hydrogens is 556 g/mol. The molecule has 40 heavy (non-hydrogen) atoms. The van der Waals surface area contributed by atoms with E-state index in [4.69, 9.17) is 22.9 Å². The van der Waals surface area contributed by atoms with Crippen molar-refractivity contribution in [2.45, 2.75) is 35.5 Å². The number of sulfonamides is 2. The molecule has 1 aliphatic rings. The van der Waals surface area contributed by atoms with E-state index in [2.05, 4.69) is 0 Å². The Morgan fingerprint density at radius 1 is 0.500 bits per heavy atom. The molecule has 0 saturated carbocycles. The average molecular weight is 595 g/mol. The van der Waals surface area contributed by atoms with Crippen LogP contribution in [0.15, 0.2) is 46.2 Å². The second-order valence-electron chi connectivity index (χ2n) is 9.45. The summed E-state index contributed by atoms with van der Waals surface area (Å²) in [5, 5.41) is 0. The van der Waals surface area contributed by atoms with E-state index in [0.717, 1.165) is 0 Å². The van der Waals surface area contributed by atoms with Gasteiger partial charge in [0.25, 0.3) is 0 Å². The molecule has 0 fully saturated rings. The molecule has 0 spiro atoms. The number of carbonyl (C=O) groups excluding carboxylic acids is 2. The van der Waals surface area contributed by atoms with Gasteiger partial charge in [0.1, 0.15) is 0 Å². The van der Waals surface area contributed by atoms with E-state index in [-0.39, 0.29) is 58.2 Å². The second-order valence-corrected chi connectivity index (χ2v) is 13.3. The van der Waals surface area contributed by atoms with Gasteiger partial charge in [0.2, 0.25) is 20.0 Å². The summed E-state index contributed by atoms with van der Waals surface area (Å²) < 4.78 is 56.1. The molecule has 220 valence electrons. The molecular formula is C26H38N6O6S2. The van der Waals surface area contributed by atoms with Crippen LogP contribution in [0.25, 0.3) is 0 Å². The average Bonchev–Trinajstić information content (AvgIpc) is 2.95. The van der Waals surface area contributed by atoms with Crippen molar-refractivity contribution in [2.24, 2.45) is 22.9 Å². The van der Waals surface area contributed by atoms with Crippen molar-refractivity contribution < 1.29 is 26.4 Å². The van der Waals surface area contributed by atoms with Gasteiger partial charge in [0.15, 0.2) is 11.6 Å². The molecule has 1 aliphatic carbocycles. The highest BCUT2D eigenvalue weighted by Crippen LogP contribution is 2.32. The largest absolute Gasteiger partial charge is 0.330 e. The van der Waals surface area contributed by atoms with E-state index in [1.54, 1.807) is 0 Å². The Balaban J connectivity index is 2.00. The number of nitrogens with zero attached hydrogens (tertiary/aromatic N) is 2. The van der Waals surface area contributed by atoms with Crippen LogP contribution in [0.2, 0.25) is 0 Å². The van der Waals surface area contributed by atoms with Crippen molar-refractivity contribution >= 4 is 31.6 Å². The van der Waals surface area contributed by atoms with Gasteiger partial charge >= 0.3 is 0 Å². The molecule has 0 unspecified atom stereocenters. The summed E-state index contributed by atoms with van der Waals surface area (Å²) in [5.41, 5.74) is 22.2. The number of ketones is 2. The molecule has 0 saturated heterocycles. The lowest BCUT2D eigenvalue weighted by atomic mass is 9.84. The zero-order valence-electron chi connectivity index (χ0n) is 22.4. The van der Waals surface area contributed by atoms with Crippen molar-refractivity contribution in [3.05, 3.63) is 58.7 Å². The van der Waals surface area contributed by atoms with E-state index >= 15 is 0 Å². The summed E-state index contributed by atoms with van der Waals surface area (Å²) in [6.07, 6.45) is 1.78. The third-order valence-corrected chi connectivity index (χ3v) is 10.5. The molecule has 0 bridgehead atoms. The lowest BCUT2D eigenvalue weighted by Gasteiger charge is -2.24. The summed E-state index contributed by atoms with van der Waals surface area (Å²) in [4.78, 5) is 26.6. The lowest BCUT2D eigenvalue weighted by molar-refractivity contribution is 0.0978. The normalized spacial score (nSPS) is 13.7. The Morgan fingerprint density at radius 2 is 0.800 bits per heavy atom. The maximum Gasteiger partial charge on any atom is 0.243 e. The molecule has 0 amide bonds. The number of hydrogen-bond acceptors (Lipinski definition) is 10. The summed E-state index contributed by atoms with van der Waals surface area (Å²) in [6, 6.07) is 7.57. The molecule has 2 aromatic carbocycles. The predicted octanol–water partition coefficient (Wildman–Crippen LogP) is -0.161. The van der Waals surface area contributed by atoms with Crippen LogP contribution in [0, 0.1) is 0 Å². The van der Waals surface area contributed by atoms with Crippen LogP contribution in [0.4, 0.5) is 0 Å². The van der Waals surface area contributed by atoms with Crippen molar-refractivity contribution in [2.75, 3.05) is 52.4 Å². The fourth-order valence-electron chi connectivity index (χ4n) is 4.50. The Morgan fingerprint density at radius 3 is 1.07 bits per heavy atom. The van der Waals surface area contributed by atoms with Crippen LogP contribution < -0.4 is 22.9 Å². The summed E-state index contributed by atoms with van der Waals surface area (Å²) in [6.45, 7) is 1.98. The molecule has 0 atom stereocenters. The van der Waals surface area contributed by atoms with E-state index in [9.17, 15) is 26.4 Å². The van der Waals surface area contributed by atoms with Gasteiger partial charge in [0, 0.05) is 48.4 Å². The third kappa shape index (κ3) is 6.66. The predicted molar refractivity (Wildman–Crippen MR) is 152 cm³/mol. The summed E-state index contributed by atoms with van der Waals surface area (Å²) in [5.74, 6) is -1.13. The maximum absolute atomic E-state index is 13.4. The molecule has 0 aliphatic heterocycles. The quantitative estimate of drug-likeness (QED) is 0.172. The van der Waals surface area contributed by atoms with Crippen LogP contribution in [-0.2, 0) is 20.0 Å². The van der Waals surface area contributed by atoms with Crippen molar-refractivity contribution in [3.63, 3.8) is 0 Å². The second kappa shape index (κ2) is 13.9. The number of carbonyl (C=O) groups is 2. The first kappa shape index (κ1) is 32.0. The lowest BCUT2D eigenvalue weighted by Crippen LogP contribution is -2.35. The topological polar surface area (TPSA) is 213 Å². The molecule has 2 aromatic rings. The number of rotatable bonds is 16. The number of nitrogens with two attached hydrogens (primary N) is 4. The summed E-state index contributed by atoms with van der Waals surface area (Å²) in [7, 11) is -7.98. The zero-order valence-corrected chi connectivity index (χ0v) is 24.1. The zero-order chi connectivity index (χ0) is 29.5. The Kier molecular flexibility index (Phi) is 11.1. The van der Waals surface area contributed by atoms with Gasteiger partial charge < -0.3 is 22.9 Å². The minimum absolute atomic E-state index is 0.00424. The van der Waals surface area contributed by atoms with Crippen LogP contribution in [0.5, 0.6) is 0 Å². The van der Waals surface area contributed by atoms with Gasteiger partial charge in [-0.2, -0.15) is 8.61 Å². The van der Waals surface area contributed by atoms with Crippen LogP contribution in [-0.4, -0.2) is 89.4 Å².